The highest BCUT2D eigenvalue weighted by atomic mass is 79.9. The Morgan fingerprint density at radius 2 is 1.72 bits per heavy atom. The molecule has 0 spiro atoms. The quantitative estimate of drug-likeness (QED) is 0.704. The number of amides is 1. The van der Waals surface area contributed by atoms with Gasteiger partial charge in [-0.2, -0.15) is 0 Å². The summed E-state index contributed by atoms with van der Waals surface area (Å²) in [6.45, 7) is 0.0266. The molecule has 0 saturated heterocycles. The summed E-state index contributed by atoms with van der Waals surface area (Å²) in [5.41, 5.74) is 2.27. The molecule has 29 heavy (non-hydrogen) atoms. The Labute approximate surface area is 175 Å². The molecule has 0 radical (unpaired) electrons. The van der Waals surface area contributed by atoms with Gasteiger partial charge in [-0.05, 0) is 42.0 Å². The van der Waals surface area contributed by atoms with Crippen LogP contribution >= 0.6 is 15.9 Å². The zero-order valence-electron chi connectivity index (χ0n) is 15.8. The summed E-state index contributed by atoms with van der Waals surface area (Å²) in [5, 5.41) is 10.2. The number of phenolic OH excluding ortho intramolecular Hbond substituents is 1. The number of phenols is 1. The zero-order chi connectivity index (χ0) is 20.7. The molecule has 0 aliphatic carbocycles. The average Bonchev–Trinajstić information content (AvgIpc) is 3.10. The molecule has 0 fully saturated rings. The number of hydrogen-bond donors (Lipinski definition) is 1. The summed E-state index contributed by atoms with van der Waals surface area (Å²) in [6.07, 6.45) is 0.0705. The van der Waals surface area contributed by atoms with E-state index in [1.807, 2.05) is 24.3 Å². The van der Waals surface area contributed by atoms with Gasteiger partial charge in [-0.15, -0.1) is 0 Å². The Morgan fingerprint density at radius 3 is 2.31 bits per heavy atom. The molecule has 2 heterocycles. The Bertz CT molecular complexity index is 1000. The number of cyclic esters (lactones) is 1. The van der Waals surface area contributed by atoms with Crippen LogP contribution in [0.2, 0.25) is 0 Å². The molecule has 1 amide bonds. The van der Waals surface area contributed by atoms with Crippen LogP contribution in [0.25, 0.3) is 0 Å². The van der Waals surface area contributed by atoms with Gasteiger partial charge in [0.1, 0.15) is 6.61 Å². The van der Waals surface area contributed by atoms with E-state index in [1.54, 1.807) is 12.1 Å². The summed E-state index contributed by atoms with van der Waals surface area (Å²) in [5.74, 6) is -0.861. The first-order chi connectivity index (χ1) is 13.9. The Kier molecular flexibility index (Phi) is 4.96. The molecule has 0 saturated carbocycles. The molecule has 150 valence electrons. The monoisotopic (exact) mass is 459 g/mol. The summed E-state index contributed by atoms with van der Waals surface area (Å²) >= 11 is 3.39. The van der Waals surface area contributed by atoms with E-state index in [0.717, 1.165) is 4.47 Å². The molecular weight excluding hydrogens is 442 g/mol. The zero-order valence-corrected chi connectivity index (χ0v) is 17.4. The molecule has 4 rings (SSSR count). The predicted octanol–water partition coefficient (Wildman–Crippen LogP) is 3.50. The minimum atomic E-state index is -0.525. The number of carbonyl (C=O) groups excluding carboxylic acids is 2. The molecule has 1 atom stereocenters. The summed E-state index contributed by atoms with van der Waals surface area (Å²) in [4.78, 5) is 27.2. The molecule has 7 nitrogen and oxygen atoms in total. The van der Waals surface area contributed by atoms with E-state index in [0.29, 0.717) is 22.5 Å². The number of hydrogen-bond acceptors (Lipinski definition) is 6. The number of rotatable bonds is 4. The van der Waals surface area contributed by atoms with Gasteiger partial charge >= 0.3 is 5.97 Å². The largest absolute Gasteiger partial charge is 0.502 e. The van der Waals surface area contributed by atoms with Gasteiger partial charge in [0.15, 0.2) is 11.5 Å². The van der Waals surface area contributed by atoms with Gasteiger partial charge in [0.05, 0.1) is 25.5 Å². The molecular formula is C21H18BrNO6. The molecule has 2 aliphatic rings. The van der Waals surface area contributed by atoms with Crippen molar-refractivity contribution in [3.05, 3.63) is 57.7 Å². The maximum absolute atomic E-state index is 13.1. The summed E-state index contributed by atoms with van der Waals surface area (Å²) in [7, 11) is 2.85. The predicted molar refractivity (Wildman–Crippen MR) is 108 cm³/mol. The number of aromatic hydroxyl groups is 1. The Morgan fingerprint density at radius 1 is 1.10 bits per heavy atom. The lowest BCUT2D eigenvalue weighted by molar-refractivity contribution is -0.136. The molecule has 2 aromatic rings. The molecule has 1 N–H and O–H groups in total. The van der Waals surface area contributed by atoms with Gasteiger partial charge in [0, 0.05) is 22.5 Å². The molecule has 0 aromatic heterocycles. The highest BCUT2D eigenvalue weighted by Crippen LogP contribution is 2.46. The van der Waals surface area contributed by atoms with E-state index in [9.17, 15) is 14.7 Å². The second-order valence-electron chi connectivity index (χ2n) is 6.67. The molecule has 2 aliphatic heterocycles. The van der Waals surface area contributed by atoms with Crippen molar-refractivity contribution >= 4 is 33.5 Å². The fraction of sp³-hybridized carbons (Fsp3) is 0.238. The summed E-state index contributed by atoms with van der Waals surface area (Å²) in [6, 6.07) is 10.5. The van der Waals surface area contributed by atoms with E-state index in [-0.39, 0.29) is 36.2 Å². The number of benzene rings is 2. The lowest BCUT2D eigenvalue weighted by atomic mass is 9.83. The molecule has 8 heteroatoms. The van der Waals surface area contributed by atoms with Crippen molar-refractivity contribution in [1.82, 2.24) is 0 Å². The smallest absolute Gasteiger partial charge is 0.336 e. The number of methoxy groups -OCH3 is 2. The topological polar surface area (TPSA) is 85.3 Å². The Balaban J connectivity index is 1.84. The number of anilines is 1. The van der Waals surface area contributed by atoms with Crippen molar-refractivity contribution in [2.45, 2.75) is 12.3 Å². The van der Waals surface area contributed by atoms with E-state index in [4.69, 9.17) is 14.2 Å². The fourth-order valence-corrected chi connectivity index (χ4v) is 4.01. The van der Waals surface area contributed by atoms with E-state index in [1.165, 1.54) is 19.1 Å². The van der Waals surface area contributed by atoms with Crippen molar-refractivity contribution in [3.8, 4) is 17.2 Å². The minimum Gasteiger partial charge on any atom is -0.502 e. The van der Waals surface area contributed by atoms with Crippen LogP contribution in [0.4, 0.5) is 5.69 Å². The van der Waals surface area contributed by atoms with E-state index < -0.39 is 11.9 Å². The first-order valence-electron chi connectivity index (χ1n) is 8.88. The normalized spacial score (nSPS) is 18.6. The van der Waals surface area contributed by atoms with Crippen LogP contribution < -0.4 is 14.4 Å². The van der Waals surface area contributed by atoms with Crippen LogP contribution in [0, 0.1) is 0 Å². The highest BCUT2D eigenvalue weighted by Gasteiger charge is 2.43. The van der Waals surface area contributed by atoms with Crippen LogP contribution in [-0.4, -0.2) is 37.8 Å². The third-order valence-corrected chi connectivity index (χ3v) is 5.64. The van der Waals surface area contributed by atoms with Crippen LogP contribution in [0.5, 0.6) is 17.2 Å². The Hall–Kier alpha value is -3.00. The van der Waals surface area contributed by atoms with Gasteiger partial charge in [-0.3, -0.25) is 9.69 Å². The third-order valence-electron chi connectivity index (χ3n) is 5.11. The highest BCUT2D eigenvalue weighted by molar-refractivity contribution is 9.10. The number of carbonyl (C=O) groups is 2. The van der Waals surface area contributed by atoms with Gasteiger partial charge in [-0.25, -0.2) is 4.79 Å². The van der Waals surface area contributed by atoms with E-state index in [2.05, 4.69) is 15.9 Å². The maximum atomic E-state index is 13.1. The summed E-state index contributed by atoms with van der Waals surface area (Å²) < 4.78 is 16.6. The van der Waals surface area contributed by atoms with Gasteiger partial charge in [-0.1, -0.05) is 15.9 Å². The van der Waals surface area contributed by atoms with Crippen molar-refractivity contribution in [2.24, 2.45) is 0 Å². The van der Waals surface area contributed by atoms with Gasteiger partial charge in [0.2, 0.25) is 11.7 Å². The SMILES string of the molecule is COc1cc(C2CC(=O)N(c3ccc(Br)cc3)C3=C2C(=O)OC3)cc(OC)c1O. The minimum absolute atomic E-state index is 0.0266. The second kappa shape index (κ2) is 7.44. The first-order valence-corrected chi connectivity index (χ1v) is 9.67. The van der Waals surface area contributed by atoms with Crippen LogP contribution in [0.3, 0.4) is 0 Å². The molecule has 1 unspecified atom stereocenters. The maximum Gasteiger partial charge on any atom is 0.336 e. The lowest BCUT2D eigenvalue weighted by Gasteiger charge is -2.32. The first kappa shape index (κ1) is 19.3. The van der Waals surface area contributed by atoms with Crippen LogP contribution in [-0.2, 0) is 14.3 Å². The van der Waals surface area contributed by atoms with Gasteiger partial charge in [0.25, 0.3) is 0 Å². The number of nitrogens with zero attached hydrogens (tertiary/aromatic N) is 1. The number of esters is 1. The van der Waals surface area contributed by atoms with Crippen molar-refractivity contribution < 1.29 is 28.9 Å². The lowest BCUT2D eigenvalue weighted by Crippen LogP contribution is -2.37. The number of ether oxygens (including phenoxy) is 3. The molecule has 0 bridgehead atoms. The van der Waals surface area contributed by atoms with Crippen molar-refractivity contribution in [3.63, 3.8) is 0 Å². The number of halogens is 1. The second-order valence-corrected chi connectivity index (χ2v) is 7.59. The van der Waals surface area contributed by atoms with Crippen molar-refractivity contribution in [2.75, 3.05) is 25.7 Å². The van der Waals surface area contributed by atoms with Crippen LogP contribution in [0.15, 0.2) is 52.1 Å². The standard InChI is InChI=1S/C21H18BrNO6/c1-27-16-7-11(8-17(28-2)20(16)25)14-9-18(24)23(13-5-3-12(22)4-6-13)15-10-29-21(26)19(14)15/h3-8,14,25H,9-10H2,1-2H3. The van der Waals surface area contributed by atoms with E-state index >= 15 is 0 Å². The third kappa shape index (κ3) is 3.23. The average molecular weight is 460 g/mol. The van der Waals surface area contributed by atoms with Crippen LogP contribution in [0.1, 0.15) is 17.9 Å². The van der Waals surface area contributed by atoms with Gasteiger partial charge < -0.3 is 19.3 Å². The molecule has 2 aromatic carbocycles. The fourth-order valence-electron chi connectivity index (χ4n) is 3.74. The van der Waals surface area contributed by atoms with Crippen molar-refractivity contribution in [1.29, 1.82) is 0 Å².